The second-order valence-electron chi connectivity index (χ2n) is 9.21. The second-order valence-corrected chi connectivity index (χ2v) is 9.21. The number of methoxy groups -OCH3 is 1. The molecule has 1 saturated heterocycles. The lowest BCUT2D eigenvalue weighted by atomic mass is 9.82. The molecular formula is C25H25N7O4. The van der Waals surface area contributed by atoms with Gasteiger partial charge in [0.05, 0.1) is 36.2 Å². The summed E-state index contributed by atoms with van der Waals surface area (Å²) in [5.74, 6) is 1.64. The Balaban J connectivity index is 1.20. The number of tetrazole rings is 1. The van der Waals surface area contributed by atoms with Crippen molar-refractivity contribution in [2.75, 3.05) is 20.2 Å². The van der Waals surface area contributed by atoms with E-state index in [1.165, 1.54) is 0 Å². The number of ketones is 1. The predicted octanol–water partition coefficient (Wildman–Crippen LogP) is 2.89. The minimum atomic E-state index is -0.612. The molecule has 1 spiro atoms. The van der Waals surface area contributed by atoms with Crippen molar-refractivity contribution < 1.29 is 19.1 Å². The second kappa shape index (κ2) is 8.43. The number of Topliss-reactive ketones (excluding diaryl/α,β-unsaturated/α-hetero) is 1. The highest BCUT2D eigenvalue weighted by atomic mass is 16.5. The molecule has 6 rings (SSSR count). The number of fused-ring (bicyclic) bond motifs is 2. The summed E-state index contributed by atoms with van der Waals surface area (Å²) in [7, 11) is 1.59. The summed E-state index contributed by atoms with van der Waals surface area (Å²) in [6.45, 7) is 3.70. The molecule has 0 aliphatic carbocycles. The summed E-state index contributed by atoms with van der Waals surface area (Å²) in [6, 6.07) is 9.03. The lowest BCUT2D eigenvalue weighted by Crippen LogP contribution is -2.52. The van der Waals surface area contributed by atoms with Crippen LogP contribution in [0.4, 0.5) is 0 Å². The quantitative estimate of drug-likeness (QED) is 0.465. The van der Waals surface area contributed by atoms with E-state index in [0.29, 0.717) is 60.9 Å². The van der Waals surface area contributed by atoms with E-state index in [-0.39, 0.29) is 18.1 Å². The van der Waals surface area contributed by atoms with E-state index in [9.17, 15) is 9.59 Å². The summed E-state index contributed by atoms with van der Waals surface area (Å²) < 4.78 is 13.8. The molecule has 4 aromatic rings. The van der Waals surface area contributed by atoms with Gasteiger partial charge in [0.25, 0.3) is 5.91 Å². The van der Waals surface area contributed by atoms with Gasteiger partial charge in [-0.15, -0.1) is 5.10 Å². The number of H-pyrrole nitrogens is 1. The molecule has 1 amide bonds. The van der Waals surface area contributed by atoms with Crippen LogP contribution in [-0.4, -0.2) is 72.8 Å². The number of aryl methyl sites for hydroxylation is 1. The van der Waals surface area contributed by atoms with Crippen LogP contribution >= 0.6 is 0 Å². The third-order valence-corrected chi connectivity index (χ3v) is 7.16. The highest BCUT2D eigenvalue weighted by Crippen LogP contribution is 2.41. The fraction of sp³-hybridized carbons (Fsp3) is 0.360. The number of aromatic amines is 1. The van der Waals surface area contributed by atoms with E-state index in [4.69, 9.17) is 9.47 Å². The fourth-order valence-corrected chi connectivity index (χ4v) is 5.19. The van der Waals surface area contributed by atoms with Crippen LogP contribution in [0.25, 0.3) is 22.3 Å². The average molecular weight is 488 g/mol. The number of nitrogens with zero attached hydrogens (tertiary/aromatic N) is 6. The number of nitrogens with one attached hydrogen (secondary N) is 1. The number of carbonyl (C=O) groups is 2. The lowest BCUT2D eigenvalue weighted by Gasteiger charge is -2.44. The zero-order valence-electron chi connectivity index (χ0n) is 20.0. The first kappa shape index (κ1) is 22.2. The number of ether oxygens (including phenoxy) is 2. The third kappa shape index (κ3) is 3.58. The van der Waals surface area contributed by atoms with Crippen molar-refractivity contribution in [1.82, 2.24) is 35.3 Å². The van der Waals surface area contributed by atoms with Crippen molar-refractivity contribution in [3.63, 3.8) is 0 Å². The van der Waals surface area contributed by atoms with Gasteiger partial charge in [-0.2, -0.15) is 5.10 Å². The zero-order valence-corrected chi connectivity index (χ0v) is 20.0. The highest BCUT2D eigenvalue weighted by Gasteiger charge is 2.44. The Kier molecular flexibility index (Phi) is 5.20. The summed E-state index contributed by atoms with van der Waals surface area (Å²) in [6.07, 6.45) is 3.18. The van der Waals surface area contributed by atoms with E-state index in [1.54, 1.807) is 31.5 Å². The number of piperidine rings is 1. The smallest absolute Gasteiger partial charge is 0.254 e. The van der Waals surface area contributed by atoms with Gasteiger partial charge in [0, 0.05) is 43.6 Å². The van der Waals surface area contributed by atoms with E-state index in [2.05, 4.69) is 25.7 Å². The van der Waals surface area contributed by atoms with E-state index < -0.39 is 5.60 Å². The summed E-state index contributed by atoms with van der Waals surface area (Å²) in [5.41, 5.74) is 2.07. The van der Waals surface area contributed by atoms with Crippen LogP contribution in [0.15, 0.2) is 36.5 Å². The normalized spacial score (nSPS) is 16.7. The molecule has 1 N–H and O–H groups in total. The molecule has 2 aromatic heterocycles. The summed E-state index contributed by atoms with van der Waals surface area (Å²) >= 11 is 0. The number of aromatic nitrogens is 6. The minimum absolute atomic E-state index is 0.0216. The van der Waals surface area contributed by atoms with Gasteiger partial charge < -0.3 is 14.4 Å². The molecule has 0 radical (unpaired) electrons. The predicted molar refractivity (Wildman–Crippen MR) is 129 cm³/mol. The lowest BCUT2D eigenvalue weighted by molar-refractivity contribution is -0.00570. The molecule has 11 heteroatoms. The van der Waals surface area contributed by atoms with Gasteiger partial charge in [-0.05, 0) is 47.7 Å². The van der Waals surface area contributed by atoms with Crippen molar-refractivity contribution in [3.05, 3.63) is 47.7 Å². The van der Waals surface area contributed by atoms with Crippen molar-refractivity contribution >= 4 is 22.6 Å². The van der Waals surface area contributed by atoms with E-state index in [1.807, 2.05) is 28.6 Å². The Morgan fingerprint density at radius 1 is 1.22 bits per heavy atom. The van der Waals surface area contributed by atoms with Crippen molar-refractivity contribution in [2.24, 2.45) is 0 Å². The molecule has 4 heterocycles. The Hall–Kier alpha value is -4.28. The molecule has 0 unspecified atom stereocenters. The maximum atomic E-state index is 13.4. The molecule has 0 atom stereocenters. The van der Waals surface area contributed by atoms with Crippen LogP contribution in [0.2, 0.25) is 0 Å². The maximum Gasteiger partial charge on any atom is 0.254 e. The number of carbonyl (C=O) groups excluding carboxylic acids is 2. The number of likely N-dealkylation sites (tertiary alicyclic amines) is 1. The van der Waals surface area contributed by atoms with Gasteiger partial charge in [-0.1, -0.05) is 0 Å². The van der Waals surface area contributed by atoms with Crippen molar-refractivity contribution in [3.8, 4) is 22.9 Å². The Morgan fingerprint density at radius 3 is 2.78 bits per heavy atom. The molecule has 11 nitrogen and oxygen atoms in total. The Bertz CT molecular complexity index is 1470. The number of amides is 1. The summed E-state index contributed by atoms with van der Waals surface area (Å²) in [4.78, 5) is 28.4. The third-order valence-electron chi connectivity index (χ3n) is 7.16. The van der Waals surface area contributed by atoms with E-state index in [0.717, 1.165) is 16.5 Å². The Labute approximate surface area is 206 Å². The summed E-state index contributed by atoms with van der Waals surface area (Å²) in [5, 5.41) is 19.1. The van der Waals surface area contributed by atoms with Gasteiger partial charge in [-0.3, -0.25) is 14.3 Å². The standard InChI is InChI=1S/C25H25N7O4/c1-3-32-19-11-16(12-22(35-2)18(19)14-26-32)24(34)31-8-6-25(7-9-31)13-20(33)17-10-15(4-5-21(17)36-25)23-27-29-30-28-23/h4-5,10-12,14H,3,6-9,13H2,1-2H3,(H,27,28,29,30). The van der Waals surface area contributed by atoms with Gasteiger partial charge in [0.2, 0.25) is 0 Å². The fourth-order valence-electron chi connectivity index (χ4n) is 5.19. The zero-order chi connectivity index (χ0) is 24.9. The molecular weight excluding hydrogens is 462 g/mol. The molecule has 1 fully saturated rings. The SMILES string of the molecule is CCn1ncc2c(OC)cc(C(=O)N3CCC4(CC3)CC(=O)c3cc(-c5nnn[nH]5)ccc3O4)cc21. The number of hydrogen-bond donors (Lipinski definition) is 1. The van der Waals surface area contributed by atoms with Crippen LogP contribution in [0.1, 0.15) is 46.9 Å². The van der Waals surface area contributed by atoms with Crippen LogP contribution in [0.3, 0.4) is 0 Å². The maximum absolute atomic E-state index is 13.4. The van der Waals surface area contributed by atoms with Crippen LogP contribution in [-0.2, 0) is 6.54 Å². The Morgan fingerprint density at radius 2 is 2.06 bits per heavy atom. The van der Waals surface area contributed by atoms with Crippen LogP contribution in [0.5, 0.6) is 11.5 Å². The molecule has 2 aromatic carbocycles. The number of rotatable bonds is 4. The van der Waals surface area contributed by atoms with E-state index >= 15 is 0 Å². The van der Waals surface area contributed by atoms with Gasteiger partial charge >= 0.3 is 0 Å². The minimum Gasteiger partial charge on any atom is -0.496 e. The molecule has 0 saturated carbocycles. The average Bonchev–Trinajstić information content (AvgIpc) is 3.58. The molecule has 0 bridgehead atoms. The van der Waals surface area contributed by atoms with Gasteiger partial charge in [0.15, 0.2) is 11.6 Å². The van der Waals surface area contributed by atoms with Gasteiger partial charge in [0.1, 0.15) is 17.1 Å². The van der Waals surface area contributed by atoms with Gasteiger partial charge in [-0.25, -0.2) is 5.10 Å². The molecule has 36 heavy (non-hydrogen) atoms. The first-order valence-corrected chi connectivity index (χ1v) is 11.9. The largest absolute Gasteiger partial charge is 0.496 e. The van der Waals surface area contributed by atoms with Crippen molar-refractivity contribution in [1.29, 1.82) is 0 Å². The molecule has 2 aliphatic rings. The number of hydrogen-bond acceptors (Lipinski definition) is 8. The topological polar surface area (TPSA) is 128 Å². The molecule has 184 valence electrons. The first-order valence-electron chi connectivity index (χ1n) is 11.9. The van der Waals surface area contributed by atoms with Crippen LogP contribution in [0, 0.1) is 0 Å². The van der Waals surface area contributed by atoms with Crippen LogP contribution < -0.4 is 9.47 Å². The first-order chi connectivity index (χ1) is 17.5. The monoisotopic (exact) mass is 487 g/mol. The number of benzene rings is 2. The van der Waals surface area contributed by atoms with Crippen molar-refractivity contribution in [2.45, 2.75) is 38.3 Å². The highest BCUT2D eigenvalue weighted by molar-refractivity contribution is 6.02. The molecule has 2 aliphatic heterocycles.